The molecule has 0 bridgehead atoms. The number of carbonyl (C=O) groups is 2. The molecule has 162 valence electrons. The molecule has 0 aliphatic carbocycles. The topological polar surface area (TPSA) is 79.6 Å². The fourth-order valence-electron chi connectivity index (χ4n) is 4.02. The predicted octanol–water partition coefficient (Wildman–Crippen LogP) is 3.54. The van der Waals surface area contributed by atoms with Gasteiger partial charge in [-0.05, 0) is 49.1 Å². The van der Waals surface area contributed by atoms with E-state index in [2.05, 4.69) is 15.5 Å². The van der Waals surface area contributed by atoms with Gasteiger partial charge in [0.05, 0.1) is 5.92 Å². The average Bonchev–Trinajstić information content (AvgIpc) is 3.22. The van der Waals surface area contributed by atoms with E-state index in [0.29, 0.717) is 13.0 Å². The second kappa shape index (κ2) is 9.29. The summed E-state index contributed by atoms with van der Waals surface area (Å²) in [6, 6.07) is 13.7. The fourth-order valence-corrected chi connectivity index (χ4v) is 4.02. The number of hydrogen-bond acceptors (Lipinski definition) is 4. The summed E-state index contributed by atoms with van der Waals surface area (Å²) in [5.41, 5.74) is 2.69. The van der Waals surface area contributed by atoms with Crippen molar-refractivity contribution >= 4 is 23.1 Å². The first kappa shape index (κ1) is 21.0. The van der Waals surface area contributed by atoms with Crippen LogP contribution in [-0.4, -0.2) is 44.4 Å². The van der Waals surface area contributed by atoms with Crippen LogP contribution in [0.4, 0.5) is 5.69 Å². The van der Waals surface area contributed by atoms with E-state index >= 15 is 0 Å². The van der Waals surface area contributed by atoms with Crippen LogP contribution in [-0.2, 0) is 16.0 Å². The van der Waals surface area contributed by atoms with E-state index in [4.69, 9.17) is 0 Å². The maximum absolute atomic E-state index is 12.8. The summed E-state index contributed by atoms with van der Waals surface area (Å²) in [5, 5.41) is 11.5. The lowest BCUT2D eigenvalue weighted by Crippen LogP contribution is -2.45. The lowest BCUT2D eigenvalue weighted by Gasteiger charge is -2.33. The third-order valence-corrected chi connectivity index (χ3v) is 6.11. The zero-order valence-electron chi connectivity index (χ0n) is 18.1. The maximum Gasteiger partial charge on any atom is 0.229 e. The largest absolute Gasteiger partial charge is 0.342 e. The van der Waals surface area contributed by atoms with Gasteiger partial charge in [0.1, 0.15) is 5.82 Å². The molecule has 1 saturated heterocycles. The van der Waals surface area contributed by atoms with Gasteiger partial charge in [-0.1, -0.05) is 32.0 Å². The Kier molecular flexibility index (Phi) is 6.30. The standard InChI is InChI=1S/C24H29N5O2/c1-3-17(2)24(31)28-13-6-7-19(16-28)23(30)25-20-11-9-18(10-12-20)15-22-27-26-21-8-4-5-14-29(21)22/h4-5,8-12,14,17,19H,3,6-7,13,15-16H2,1-2H3,(H,25,30). The van der Waals surface area contributed by atoms with Crippen LogP contribution in [0.1, 0.15) is 44.5 Å². The Hall–Kier alpha value is -3.22. The number of nitrogens with zero attached hydrogens (tertiary/aromatic N) is 4. The molecule has 4 rings (SSSR count). The molecule has 7 nitrogen and oxygen atoms in total. The van der Waals surface area contributed by atoms with E-state index in [-0.39, 0.29) is 23.7 Å². The van der Waals surface area contributed by atoms with Gasteiger partial charge in [-0.3, -0.25) is 14.0 Å². The number of piperidine rings is 1. The SMILES string of the molecule is CCC(C)C(=O)N1CCCC(C(=O)Nc2ccc(Cc3nnc4ccccn34)cc2)C1. The molecule has 3 aromatic rings. The second-order valence-corrected chi connectivity index (χ2v) is 8.34. The molecule has 0 saturated carbocycles. The van der Waals surface area contributed by atoms with Gasteiger partial charge in [0, 0.05) is 37.3 Å². The molecular weight excluding hydrogens is 390 g/mol. The van der Waals surface area contributed by atoms with Crippen LogP contribution in [0.3, 0.4) is 0 Å². The van der Waals surface area contributed by atoms with Gasteiger partial charge in [-0.15, -0.1) is 10.2 Å². The monoisotopic (exact) mass is 419 g/mol. The van der Waals surface area contributed by atoms with Crippen molar-refractivity contribution in [3.63, 3.8) is 0 Å². The smallest absolute Gasteiger partial charge is 0.229 e. The van der Waals surface area contributed by atoms with Gasteiger partial charge >= 0.3 is 0 Å². The highest BCUT2D eigenvalue weighted by Crippen LogP contribution is 2.21. The summed E-state index contributed by atoms with van der Waals surface area (Å²) in [5.74, 6) is 0.865. The van der Waals surface area contributed by atoms with Crippen molar-refractivity contribution < 1.29 is 9.59 Å². The van der Waals surface area contributed by atoms with Gasteiger partial charge in [-0.25, -0.2) is 0 Å². The van der Waals surface area contributed by atoms with Crippen LogP contribution in [0.25, 0.3) is 5.65 Å². The highest BCUT2D eigenvalue weighted by atomic mass is 16.2. The molecule has 7 heteroatoms. The summed E-state index contributed by atoms with van der Waals surface area (Å²) in [6.45, 7) is 5.23. The van der Waals surface area contributed by atoms with Crippen molar-refractivity contribution in [2.45, 2.75) is 39.5 Å². The highest BCUT2D eigenvalue weighted by Gasteiger charge is 2.30. The lowest BCUT2D eigenvalue weighted by atomic mass is 9.95. The molecule has 0 radical (unpaired) electrons. The van der Waals surface area contributed by atoms with E-state index < -0.39 is 0 Å². The van der Waals surface area contributed by atoms with Crippen molar-refractivity contribution in [1.82, 2.24) is 19.5 Å². The average molecular weight is 420 g/mol. The Morgan fingerprint density at radius 3 is 2.74 bits per heavy atom. The van der Waals surface area contributed by atoms with Gasteiger partial charge < -0.3 is 10.2 Å². The Bertz CT molecular complexity index is 1060. The number of hydrogen-bond donors (Lipinski definition) is 1. The second-order valence-electron chi connectivity index (χ2n) is 8.34. The number of aromatic nitrogens is 3. The Labute approximate surface area is 182 Å². The molecule has 31 heavy (non-hydrogen) atoms. The first-order chi connectivity index (χ1) is 15.0. The number of carbonyl (C=O) groups excluding carboxylic acids is 2. The van der Waals surface area contributed by atoms with E-state index in [9.17, 15) is 9.59 Å². The number of likely N-dealkylation sites (tertiary alicyclic amines) is 1. The Morgan fingerprint density at radius 1 is 1.16 bits per heavy atom. The van der Waals surface area contributed by atoms with E-state index in [1.165, 1.54) is 0 Å². The number of fused-ring (bicyclic) bond motifs is 1. The van der Waals surface area contributed by atoms with Crippen molar-refractivity contribution in [2.24, 2.45) is 11.8 Å². The van der Waals surface area contributed by atoms with Crippen molar-refractivity contribution in [1.29, 1.82) is 0 Å². The molecule has 2 atom stereocenters. The highest BCUT2D eigenvalue weighted by molar-refractivity contribution is 5.93. The van der Waals surface area contributed by atoms with Gasteiger partial charge in [0.25, 0.3) is 0 Å². The maximum atomic E-state index is 12.8. The number of pyridine rings is 1. The molecule has 3 heterocycles. The number of rotatable bonds is 6. The third kappa shape index (κ3) is 4.76. The number of anilines is 1. The third-order valence-electron chi connectivity index (χ3n) is 6.11. The van der Waals surface area contributed by atoms with Crippen LogP contribution >= 0.6 is 0 Å². The quantitative estimate of drug-likeness (QED) is 0.663. The summed E-state index contributed by atoms with van der Waals surface area (Å²) < 4.78 is 1.98. The molecule has 1 aliphatic heterocycles. The minimum atomic E-state index is -0.163. The zero-order valence-corrected chi connectivity index (χ0v) is 18.1. The molecule has 1 fully saturated rings. The minimum Gasteiger partial charge on any atom is -0.342 e. The first-order valence-electron chi connectivity index (χ1n) is 11.0. The molecule has 2 amide bonds. The van der Waals surface area contributed by atoms with Crippen LogP contribution in [0.2, 0.25) is 0 Å². The summed E-state index contributed by atoms with van der Waals surface area (Å²) >= 11 is 0. The van der Waals surface area contributed by atoms with Gasteiger partial charge in [0.2, 0.25) is 11.8 Å². The Balaban J connectivity index is 1.36. The summed E-state index contributed by atoms with van der Waals surface area (Å²) in [7, 11) is 0. The van der Waals surface area contributed by atoms with Gasteiger partial charge in [0.15, 0.2) is 5.65 Å². The number of nitrogens with one attached hydrogen (secondary N) is 1. The molecule has 1 N–H and O–H groups in total. The van der Waals surface area contributed by atoms with Crippen LogP contribution < -0.4 is 5.32 Å². The van der Waals surface area contributed by atoms with Crippen molar-refractivity contribution in [3.05, 3.63) is 60.0 Å². The first-order valence-corrected chi connectivity index (χ1v) is 11.0. The molecular formula is C24H29N5O2. The minimum absolute atomic E-state index is 0.0109. The number of amides is 2. The molecule has 1 aromatic carbocycles. The van der Waals surface area contributed by atoms with E-state index in [1.807, 2.05) is 71.8 Å². The summed E-state index contributed by atoms with van der Waals surface area (Å²) in [4.78, 5) is 27.1. The normalized spacial score (nSPS) is 17.5. The van der Waals surface area contributed by atoms with Crippen LogP contribution in [0, 0.1) is 11.8 Å². The molecule has 0 spiro atoms. The van der Waals surface area contributed by atoms with Gasteiger partial charge in [-0.2, -0.15) is 0 Å². The predicted molar refractivity (Wildman–Crippen MR) is 120 cm³/mol. The molecule has 2 aromatic heterocycles. The molecule has 1 aliphatic rings. The summed E-state index contributed by atoms with van der Waals surface area (Å²) in [6.07, 6.45) is 5.12. The van der Waals surface area contributed by atoms with E-state index in [1.54, 1.807) is 0 Å². The van der Waals surface area contributed by atoms with Crippen molar-refractivity contribution in [3.8, 4) is 0 Å². The lowest BCUT2D eigenvalue weighted by molar-refractivity contribution is -0.138. The van der Waals surface area contributed by atoms with Crippen LogP contribution in [0.5, 0.6) is 0 Å². The van der Waals surface area contributed by atoms with E-state index in [0.717, 1.165) is 48.5 Å². The van der Waals surface area contributed by atoms with Crippen LogP contribution in [0.15, 0.2) is 48.7 Å². The Morgan fingerprint density at radius 2 is 1.97 bits per heavy atom. The number of benzene rings is 1. The fraction of sp³-hybridized carbons (Fsp3) is 0.417. The molecule has 2 unspecified atom stereocenters. The zero-order chi connectivity index (χ0) is 21.8. The van der Waals surface area contributed by atoms with Crippen molar-refractivity contribution in [2.75, 3.05) is 18.4 Å².